The van der Waals surface area contributed by atoms with E-state index >= 15 is 0 Å². The molecule has 0 atom stereocenters. The van der Waals surface area contributed by atoms with Crippen LogP contribution in [0.5, 0.6) is 23.0 Å². The van der Waals surface area contributed by atoms with Crippen LogP contribution in [0.15, 0.2) is 437 Å². The van der Waals surface area contributed by atoms with Crippen molar-refractivity contribution in [2.45, 2.75) is 90.8 Å². The summed E-state index contributed by atoms with van der Waals surface area (Å²) in [5.41, 5.74) is 18.5. The van der Waals surface area contributed by atoms with E-state index in [9.17, 15) is 0 Å². The molecule has 16 rings (SSSR count). The summed E-state index contributed by atoms with van der Waals surface area (Å²) in [5, 5.41) is 2.06. The molecular weight excluding hydrogens is 1650 g/mol. The molecule has 0 heterocycles. The zero-order valence-electron chi connectivity index (χ0n) is 69.1. The third-order valence-electron chi connectivity index (χ3n) is 23.6. The Bertz CT molecular complexity index is 4840. The Kier molecular flexibility index (Phi) is 28.6. The fourth-order valence-electron chi connectivity index (χ4n) is 18.2. The first-order valence-corrected chi connectivity index (χ1v) is 54.4. The number of hydrogen-bond donors (Lipinski definition) is 0. The van der Waals surface area contributed by atoms with Gasteiger partial charge in [0.2, 0.25) is 0 Å². The molecule has 0 fully saturated rings. The lowest BCUT2D eigenvalue weighted by atomic mass is 9.78. The lowest BCUT2D eigenvalue weighted by Crippen LogP contribution is -2.50. The summed E-state index contributed by atoms with van der Waals surface area (Å²) in [5.74, 6) is 1.81. The highest BCUT2D eigenvalue weighted by atomic mass is 35.5. The summed E-state index contributed by atoms with van der Waals surface area (Å²) in [6.07, 6.45) is 0.493. The van der Waals surface area contributed by atoms with Gasteiger partial charge in [-0.05, 0) is 144 Å². The van der Waals surface area contributed by atoms with Crippen LogP contribution in [0.1, 0.15) is 107 Å². The largest absolute Gasteiger partial charge is 0.541 e. The van der Waals surface area contributed by atoms with E-state index in [1.807, 2.05) is 0 Å². The fraction of sp³-hybridized carbons (Fsp3) is 0.135. The van der Waals surface area contributed by atoms with Crippen LogP contribution in [0.25, 0.3) is 0 Å². The van der Waals surface area contributed by atoms with Crippen LogP contribution in [0.4, 0.5) is 0 Å². The van der Waals surface area contributed by atoms with Crippen molar-refractivity contribution in [2.75, 3.05) is 0 Å². The average Bonchev–Trinajstić information content (AvgIpc) is 0.808. The molecule has 0 aliphatic rings. The van der Waals surface area contributed by atoms with Gasteiger partial charge in [0.15, 0.2) is 0 Å². The second kappa shape index (κ2) is 41.3. The van der Waals surface area contributed by atoms with Crippen LogP contribution >= 0.6 is 46.4 Å². The van der Waals surface area contributed by atoms with Gasteiger partial charge in [0.25, 0.3) is 33.3 Å². The average molecular weight is 1750 g/mol. The second-order valence-corrected chi connectivity index (χ2v) is 49.3. The lowest BCUT2D eigenvalue weighted by molar-refractivity contribution is 0.523. The first-order valence-electron chi connectivity index (χ1n) is 42.7. The number of benzene rings is 16. The first-order chi connectivity index (χ1) is 60.3. The van der Waals surface area contributed by atoms with Crippen molar-refractivity contribution in [3.8, 4) is 23.0 Å². The van der Waals surface area contributed by atoms with Gasteiger partial charge in [-0.15, -0.1) is 0 Å². The summed E-state index contributed by atoms with van der Waals surface area (Å²) >= 11 is 32.3. The Morgan fingerprint density at radius 1 is 0.163 bits per heavy atom. The summed E-state index contributed by atoms with van der Waals surface area (Å²) < 4.78 is 31.4. The summed E-state index contributed by atoms with van der Waals surface area (Å²) in [6, 6.07) is 165. The van der Waals surface area contributed by atoms with Gasteiger partial charge in [0, 0.05) is 84.4 Å². The third kappa shape index (κ3) is 23.4. The van der Waals surface area contributed by atoms with Crippen molar-refractivity contribution >= 4 is 79.7 Å². The molecule has 0 radical (unpaired) electrons. The molecule has 0 aromatic heterocycles. The van der Waals surface area contributed by atoms with Crippen molar-refractivity contribution in [3.05, 3.63) is 546 Å². The molecule has 16 aromatic rings. The van der Waals surface area contributed by atoms with Gasteiger partial charge in [-0.1, -0.05) is 435 Å². The SMILES string of the molecule is Clc1cc(C(CC(c2ccc(O[Si](Cc3ccccc3)(Cc3ccccc3)Cc3ccccc3)c(Cl)c2)c2ccc(O[Si](Cc3ccccc3)(Cc3ccccc3)Cc3ccccc3)c(Cl)c2)c2ccc(O[Si](Cc3ccccc3)(Cc3ccccc3)Cc3ccccc3)c(Cl)c2)ccc1O[Si](Cc1ccccc1)(Cc1ccccc1)Cc1ccccc1. The van der Waals surface area contributed by atoms with E-state index in [1.54, 1.807) is 0 Å². The third-order valence-corrected chi connectivity index (χ3v) is 40.1. The van der Waals surface area contributed by atoms with Crippen molar-refractivity contribution in [3.63, 3.8) is 0 Å². The maximum absolute atomic E-state index is 8.06. The Balaban J connectivity index is 0.857. The smallest absolute Gasteiger partial charge is 0.264 e. The van der Waals surface area contributed by atoms with E-state index in [0.717, 1.165) is 94.8 Å². The minimum Gasteiger partial charge on any atom is -0.541 e. The standard InChI is InChI=1S/C111H100Cl4O4Si4/c112-104-69-98(61-65-108(104)116-120(74-86-37-13-1-14-38-86,75-87-39-15-2-16-40-87)76-88-41-17-3-18-42-88)102(99-62-66-109(105(113)70-99)117-121(77-89-43-19-4-20-44-89,78-90-45-21-5-22-46-90)79-91-47-23-6-24-48-91)73-103(100-63-67-110(106(114)71-100)118-122(80-92-49-25-7-26-50-92,81-93-51-27-8-28-52-93)82-94-53-29-9-30-54-94)101-64-68-111(107(115)72-101)119-123(83-95-55-31-10-32-56-95,84-96-57-33-11-34-58-96)85-97-59-35-12-36-60-97/h1-72,102-103H,73-85H2. The van der Waals surface area contributed by atoms with E-state index in [1.165, 1.54) is 66.8 Å². The van der Waals surface area contributed by atoms with E-state index < -0.39 is 33.3 Å². The van der Waals surface area contributed by atoms with Crippen LogP contribution in [0.3, 0.4) is 0 Å². The van der Waals surface area contributed by atoms with Crippen molar-refractivity contribution in [2.24, 2.45) is 0 Å². The Morgan fingerprint density at radius 3 is 0.398 bits per heavy atom. The zero-order valence-corrected chi connectivity index (χ0v) is 76.1. The lowest BCUT2D eigenvalue weighted by Gasteiger charge is -2.34. The van der Waals surface area contributed by atoms with Crippen LogP contribution < -0.4 is 17.7 Å². The number of rotatable bonds is 38. The van der Waals surface area contributed by atoms with Gasteiger partial charge in [0.1, 0.15) is 23.0 Å². The minimum atomic E-state index is -2.95. The van der Waals surface area contributed by atoms with Crippen molar-refractivity contribution < 1.29 is 17.7 Å². The Hall–Kier alpha value is -11.3. The summed E-state index contributed by atoms with van der Waals surface area (Å²) in [4.78, 5) is 0. The molecule has 612 valence electrons. The first kappa shape index (κ1) is 85.3. The quantitative estimate of drug-likeness (QED) is 0.0362. The molecule has 123 heavy (non-hydrogen) atoms. The van der Waals surface area contributed by atoms with Gasteiger partial charge >= 0.3 is 0 Å². The van der Waals surface area contributed by atoms with Crippen LogP contribution in [0.2, 0.25) is 20.1 Å². The highest BCUT2D eigenvalue weighted by Crippen LogP contribution is 2.47. The molecule has 0 aliphatic carbocycles. The van der Waals surface area contributed by atoms with Gasteiger partial charge < -0.3 is 17.7 Å². The molecule has 0 aliphatic heterocycles. The van der Waals surface area contributed by atoms with Crippen LogP contribution in [-0.4, -0.2) is 33.3 Å². The summed E-state index contributed by atoms with van der Waals surface area (Å²) in [7, 11) is -11.8. The Labute approximate surface area is 750 Å². The number of hydrogen-bond acceptors (Lipinski definition) is 4. The van der Waals surface area contributed by atoms with Crippen molar-refractivity contribution in [1.29, 1.82) is 0 Å². The van der Waals surface area contributed by atoms with E-state index in [4.69, 9.17) is 64.1 Å². The molecule has 0 saturated heterocycles. The van der Waals surface area contributed by atoms with Crippen LogP contribution in [0, 0.1) is 0 Å². The van der Waals surface area contributed by atoms with E-state index in [-0.39, 0.29) is 11.8 Å². The fourth-order valence-corrected chi connectivity index (χ4v) is 36.0. The molecule has 0 bridgehead atoms. The van der Waals surface area contributed by atoms with Gasteiger partial charge in [-0.3, -0.25) is 0 Å². The normalized spacial score (nSPS) is 11.8. The monoisotopic (exact) mass is 1750 g/mol. The van der Waals surface area contributed by atoms with Gasteiger partial charge in [-0.25, -0.2) is 0 Å². The van der Waals surface area contributed by atoms with E-state index in [2.05, 4.69) is 437 Å². The molecule has 4 nitrogen and oxygen atoms in total. The van der Waals surface area contributed by atoms with Gasteiger partial charge in [0.05, 0.1) is 20.1 Å². The Morgan fingerprint density at radius 2 is 0.285 bits per heavy atom. The zero-order chi connectivity index (χ0) is 83.9. The molecule has 0 amide bonds. The van der Waals surface area contributed by atoms with E-state index in [0.29, 0.717) is 49.5 Å². The van der Waals surface area contributed by atoms with Crippen LogP contribution in [-0.2, 0) is 72.5 Å². The van der Waals surface area contributed by atoms with Crippen molar-refractivity contribution in [1.82, 2.24) is 0 Å². The predicted octanol–water partition coefficient (Wildman–Crippen LogP) is 28.3. The molecule has 0 saturated carbocycles. The number of halogens is 4. The van der Waals surface area contributed by atoms with Gasteiger partial charge in [-0.2, -0.15) is 0 Å². The maximum atomic E-state index is 8.06. The molecule has 0 unspecified atom stereocenters. The highest BCUT2D eigenvalue weighted by molar-refractivity contribution is 6.74. The molecule has 12 heteroatoms. The molecular formula is C111H100Cl4O4Si4. The summed E-state index contributed by atoms with van der Waals surface area (Å²) in [6.45, 7) is 0. The predicted molar refractivity (Wildman–Crippen MR) is 521 cm³/mol. The minimum absolute atomic E-state index is 0.386. The topological polar surface area (TPSA) is 36.9 Å². The maximum Gasteiger partial charge on any atom is 0.264 e. The second-order valence-electron chi connectivity index (χ2n) is 33.2. The molecule has 0 N–H and O–H groups in total. The highest BCUT2D eigenvalue weighted by Gasteiger charge is 2.44. The molecule has 16 aromatic carbocycles. The molecule has 0 spiro atoms.